The van der Waals surface area contributed by atoms with E-state index in [1.54, 1.807) is 37.4 Å². The van der Waals surface area contributed by atoms with Gasteiger partial charge in [0, 0.05) is 62.6 Å². The van der Waals surface area contributed by atoms with Gasteiger partial charge < -0.3 is 34.0 Å². The highest BCUT2D eigenvalue weighted by atomic mass is 16.5. The quantitative estimate of drug-likeness (QED) is 0.247. The van der Waals surface area contributed by atoms with Gasteiger partial charge >= 0.3 is 0 Å². The van der Waals surface area contributed by atoms with Crippen molar-refractivity contribution in [3.63, 3.8) is 0 Å². The molecular formula is C37H39N3O8. The van der Waals surface area contributed by atoms with Crippen molar-refractivity contribution in [2.24, 2.45) is 11.7 Å². The number of fused-ring (bicyclic) bond motifs is 5. The summed E-state index contributed by atoms with van der Waals surface area (Å²) >= 11 is 0. The molecule has 1 amide bonds. The predicted molar refractivity (Wildman–Crippen MR) is 177 cm³/mol. The van der Waals surface area contributed by atoms with Crippen LogP contribution in [0.1, 0.15) is 58.6 Å². The number of primary amides is 1. The highest BCUT2D eigenvalue weighted by Crippen LogP contribution is 2.39. The average molecular weight is 654 g/mol. The monoisotopic (exact) mass is 653 g/mol. The van der Waals surface area contributed by atoms with E-state index in [0.29, 0.717) is 62.1 Å². The number of piperidine rings is 1. The summed E-state index contributed by atoms with van der Waals surface area (Å²) in [5, 5.41) is 11.0. The van der Waals surface area contributed by atoms with Crippen LogP contribution < -0.4 is 30.9 Å². The van der Waals surface area contributed by atoms with E-state index in [0.717, 1.165) is 36.4 Å². The Bertz CT molecular complexity index is 1970. The molecular weight excluding hydrogens is 614 g/mol. The number of nitrogens with zero attached hydrogens (tertiary/aromatic N) is 2. The molecule has 3 N–H and O–H groups in total. The Morgan fingerprint density at radius 2 is 1.94 bits per heavy atom. The first-order valence-corrected chi connectivity index (χ1v) is 16.4. The maximum atomic E-state index is 13.1. The topological polar surface area (TPSA) is 146 Å². The molecule has 11 heteroatoms. The minimum Gasteiger partial charge on any atom is -0.502 e. The number of carbonyl (C=O) groups excluding carboxylic acids is 1. The SMILES string of the molecule is COc1ccc([C@H](CC(N)=O)c2oc(CN3C[C@H]4C[C@@H](C3)c3cccc(=O)n3C4)cc(=O)c2O)cc1OCCc1ccc2c(c1)CCO2. The number of benzene rings is 2. The summed E-state index contributed by atoms with van der Waals surface area (Å²) in [6, 6.07) is 18.1. The number of aromatic hydroxyl groups is 1. The smallest absolute Gasteiger partial charge is 0.250 e. The summed E-state index contributed by atoms with van der Waals surface area (Å²) in [5.41, 5.74) is 9.02. The number of ether oxygens (including phenoxy) is 3. The fraction of sp³-hybridized carbons (Fsp3) is 0.378. The number of pyridine rings is 1. The number of carbonyl (C=O) groups is 1. The molecule has 1 fully saturated rings. The lowest BCUT2D eigenvalue weighted by atomic mass is 9.83. The van der Waals surface area contributed by atoms with Crippen molar-refractivity contribution in [1.29, 1.82) is 0 Å². The van der Waals surface area contributed by atoms with Gasteiger partial charge in [-0.25, -0.2) is 0 Å². The molecule has 2 aromatic heterocycles. The molecule has 5 heterocycles. The van der Waals surface area contributed by atoms with Crippen LogP contribution in [0.3, 0.4) is 0 Å². The van der Waals surface area contributed by atoms with Crippen molar-refractivity contribution < 1.29 is 28.5 Å². The van der Waals surface area contributed by atoms with Crippen LogP contribution >= 0.6 is 0 Å². The van der Waals surface area contributed by atoms with Crippen LogP contribution in [0.25, 0.3) is 0 Å². The second-order valence-corrected chi connectivity index (χ2v) is 13.0. The summed E-state index contributed by atoms with van der Waals surface area (Å²) < 4.78 is 25.5. The Morgan fingerprint density at radius 1 is 1.06 bits per heavy atom. The second-order valence-electron chi connectivity index (χ2n) is 13.0. The van der Waals surface area contributed by atoms with E-state index < -0.39 is 23.0 Å². The first-order chi connectivity index (χ1) is 23.2. The van der Waals surface area contributed by atoms with Gasteiger partial charge in [-0.3, -0.25) is 19.3 Å². The summed E-state index contributed by atoms with van der Waals surface area (Å²) in [7, 11) is 1.54. The zero-order chi connectivity index (χ0) is 33.4. The van der Waals surface area contributed by atoms with Gasteiger partial charge in [-0.05, 0) is 53.3 Å². The van der Waals surface area contributed by atoms with E-state index in [4.69, 9.17) is 24.4 Å². The molecule has 0 radical (unpaired) electrons. The van der Waals surface area contributed by atoms with Crippen molar-refractivity contribution in [2.75, 3.05) is 33.4 Å². The van der Waals surface area contributed by atoms with E-state index in [1.165, 1.54) is 11.6 Å². The van der Waals surface area contributed by atoms with Crippen molar-refractivity contribution in [3.8, 4) is 23.0 Å². The lowest BCUT2D eigenvalue weighted by Gasteiger charge is -2.42. The molecule has 0 spiro atoms. The lowest BCUT2D eigenvalue weighted by molar-refractivity contribution is -0.118. The average Bonchev–Trinajstić information content (AvgIpc) is 3.54. The van der Waals surface area contributed by atoms with E-state index in [1.807, 2.05) is 22.8 Å². The van der Waals surface area contributed by atoms with Crippen LogP contribution in [-0.4, -0.2) is 53.9 Å². The highest BCUT2D eigenvalue weighted by Gasteiger charge is 2.35. The van der Waals surface area contributed by atoms with Crippen LogP contribution in [0.2, 0.25) is 0 Å². The highest BCUT2D eigenvalue weighted by molar-refractivity contribution is 5.75. The zero-order valence-corrected chi connectivity index (χ0v) is 26.9. The third-order valence-electron chi connectivity index (χ3n) is 9.65. The number of hydrogen-bond acceptors (Lipinski definition) is 9. The molecule has 48 heavy (non-hydrogen) atoms. The standard InChI is InChI=1S/C37H39N3O8/c1-45-32-8-6-24(15-33(32)47-11-9-22-5-7-31-25(13-22)10-12-46-31)28(17-34(38)42)37-36(44)30(41)16-27(48-37)21-39-18-23-14-26(20-39)29-3-2-4-35(43)40(29)19-23/h2-8,13,15-16,23,26,28,44H,9-12,14,17-21H2,1H3,(H2,38,42)/t23-,26+,28+/m1/s1. The van der Waals surface area contributed by atoms with Gasteiger partial charge in [-0.1, -0.05) is 24.3 Å². The minimum absolute atomic E-state index is 0.0204. The molecule has 250 valence electrons. The summed E-state index contributed by atoms with van der Waals surface area (Å²) in [5.74, 6) is 0.666. The number of rotatable bonds is 11. The maximum Gasteiger partial charge on any atom is 0.250 e. The number of nitrogens with two attached hydrogens (primary N) is 1. The number of methoxy groups -OCH3 is 1. The summed E-state index contributed by atoms with van der Waals surface area (Å²) in [4.78, 5) is 40.1. The lowest BCUT2D eigenvalue weighted by Crippen LogP contribution is -2.46. The first-order valence-electron chi connectivity index (χ1n) is 16.4. The van der Waals surface area contributed by atoms with E-state index in [-0.39, 0.29) is 29.6 Å². The third-order valence-corrected chi connectivity index (χ3v) is 9.65. The second kappa shape index (κ2) is 13.2. The van der Waals surface area contributed by atoms with E-state index >= 15 is 0 Å². The molecule has 2 aromatic carbocycles. The van der Waals surface area contributed by atoms with Crippen molar-refractivity contribution in [3.05, 3.63) is 115 Å². The Hall–Kier alpha value is -5.03. The number of likely N-dealkylation sites (tertiary alicyclic amines) is 1. The zero-order valence-electron chi connectivity index (χ0n) is 26.9. The van der Waals surface area contributed by atoms with Crippen LogP contribution in [0, 0.1) is 5.92 Å². The van der Waals surface area contributed by atoms with Crippen LogP contribution in [0.4, 0.5) is 0 Å². The fourth-order valence-electron chi connectivity index (χ4n) is 7.47. The molecule has 7 rings (SSSR count). The Labute approximate surface area is 277 Å². The van der Waals surface area contributed by atoms with Crippen molar-refractivity contribution >= 4 is 5.91 Å². The Kier molecular flexibility index (Phi) is 8.70. The van der Waals surface area contributed by atoms with E-state index in [2.05, 4.69) is 11.0 Å². The molecule has 4 aromatic rings. The molecule has 1 saturated heterocycles. The normalized spacial score (nSPS) is 18.8. The maximum absolute atomic E-state index is 13.1. The Morgan fingerprint density at radius 3 is 2.77 bits per heavy atom. The van der Waals surface area contributed by atoms with Gasteiger partial charge in [0.15, 0.2) is 17.3 Å². The van der Waals surface area contributed by atoms with Gasteiger partial charge in [0.25, 0.3) is 5.56 Å². The summed E-state index contributed by atoms with van der Waals surface area (Å²) in [6.07, 6.45) is 2.34. The van der Waals surface area contributed by atoms with Crippen molar-refractivity contribution in [2.45, 2.75) is 50.6 Å². The van der Waals surface area contributed by atoms with Crippen LogP contribution in [-0.2, 0) is 30.7 Å². The van der Waals surface area contributed by atoms with Crippen LogP contribution in [0.5, 0.6) is 23.0 Å². The number of aromatic nitrogens is 1. The molecule has 3 aliphatic heterocycles. The molecule has 3 aliphatic rings. The van der Waals surface area contributed by atoms with Gasteiger partial charge in [0.1, 0.15) is 11.5 Å². The molecule has 0 aliphatic carbocycles. The number of amides is 1. The van der Waals surface area contributed by atoms with Gasteiger partial charge in [-0.2, -0.15) is 0 Å². The molecule has 3 atom stereocenters. The number of hydrogen-bond donors (Lipinski definition) is 2. The molecule has 2 bridgehead atoms. The predicted octanol–water partition coefficient (Wildman–Crippen LogP) is 3.70. The third kappa shape index (κ3) is 6.42. The van der Waals surface area contributed by atoms with E-state index in [9.17, 15) is 19.5 Å². The van der Waals surface area contributed by atoms with Gasteiger partial charge in [0.05, 0.1) is 32.8 Å². The first kappa shape index (κ1) is 31.6. The summed E-state index contributed by atoms with van der Waals surface area (Å²) in [6.45, 7) is 3.48. The van der Waals surface area contributed by atoms with Gasteiger partial charge in [-0.15, -0.1) is 0 Å². The van der Waals surface area contributed by atoms with Crippen LogP contribution in [0.15, 0.2) is 74.7 Å². The molecule has 11 nitrogen and oxygen atoms in total. The molecule has 0 saturated carbocycles. The van der Waals surface area contributed by atoms with Gasteiger partial charge in [0.2, 0.25) is 17.1 Å². The molecule has 0 unspecified atom stereocenters. The largest absolute Gasteiger partial charge is 0.502 e. The minimum atomic E-state index is -0.848. The van der Waals surface area contributed by atoms with Crippen molar-refractivity contribution in [1.82, 2.24) is 9.47 Å². The fourth-order valence-corrected chi connectivity index (χ4v) is 7.47. The Balaban J connectivity index is 1.13.